The van der Waals surface area contributed by atoms with Gasteiger partial charge in [-0.15, -0.1) is 0 Å². The molecule has 0 unspecified atom stereocenters. The Balaban J connectivity index is 1.58. The molecule has 1 atom stereocenters. The SMILES string of the molecule is CCCC1=C(C(=O)OCC)[C@H](c2cc(Cl)ccc2OC)n2c(s/c(=C/c3c(OCc4ccc(Cl)cc4)ccc4ccccc34)c2=O)=N1. The van der Waals surface area contributed by atoms with Crippen LogP contribution in [0.3, 0.4) is 0 Å². The Morgan fingerprint density at radius 2 is 1.72 bits per heavy atom. The summed E-state index contributed by atoms with van der Waals surface area (Å²) in [4.78, 5) is 33.5. The first-order chi connectivity index (χ1) is 22.8. The van der Waals surface area contributed by atoms with E-state index in [0.29, 0.717) is 60.7 Å². The van der Waals surface area contributed by atoms with Crippen molar-refractivity contribution in [2.45, 2.75) is 39.3 Å². The quantitative estimate of drug-likeness (QED) is 0.141. The highest BCUT2D eigenvalue weighted by molar-refractivity contribution is 7.07. The number of hydrogen-bond acceptors (Lipinski definition) is 7. The number of carbonyl (C=O) groups is 1. The average Bonchev–Trinajstić information content (AvgIpc) is 3.38. The zero-order valence-corrected chi connectivity index (χ0v) is 28.4. The Morgan fingerprint density at radius 1 is 0.979 bits per heavy atom. The molecule has 2 heterocycles. The largest absolute Gasteiger partial charge is 0.496 e. The molecule has 240 valence electrons. The van der Waals surface area contributed by atoms with Crippen molar-refractivity contribution in [2.75, 3.05) is 13.7 Å². The summed E-state index contributed by atoms with van der Waals surface area (Å²) in [5.74, 6) is 0.574. The number of esters is 1. The molecule has 0 aliphatic carbocycles. The maximum absolute atomic E-state index is 14.5. The fourth-order valence-electron chi connectivity index (χ4n) is 5.76. The van der Waals surface area contributed by atoms with Crippen molar-refractivity contribution in [2.24, 2.45) is 4.99 Å². The van der Waals surface area contributed by atoms with Gasteiger partial charge in [0.2, 0.25) is 0 Å². The van der Waals surface area contributed by atoms with Gasteiger partial charge in [-0.3, -0.25) is 9.36 Å². The Labute approximate surface area is 286 Å². The number of benzene rings is 4. The van der Waals surface area contributed by atoms with Crippen LogP contribution in [0.5, 0.6) is 11.5 Å². The summed E-state index contributed by atoms with van der Waals surface area (Å²) in [7, 11) is 1.54. The summed E-state index contributed by atoms with van der Waals surface area (Å²) >= 11 is 13.8. The number of halogens is 2. The Morgan fingerprint density at radius 3 is 2.47 bits per heavy atom. The lowest BCUT2D eigenvalue weighted by Crippen LogP contribution is -2.40. The molecule has 10 heteroatoms. The third kappa shape index (κ3) is 6.59. The van der Waals surface area contributed by atoms with Crippen LogP contribution in [0, 0.1) is 0 Å². The average molecular weight is 688 g/mol. The number of aromatic nitrogens is 1. The lowest BCUT2D eigenvalue weighted by Gasteiger charge is -2.27. The molecule has 0 radical (unpaired) electrons. The highest BCUT2D eigenvalue weighted by Crippen LogP contribution is 2.38. The van der Waals surface area contributed by atoms with Gasteiger partial charge in [-0.1, -0.05) is 90.3 Å². The van der Waals surface area contributed by atoms with Gasteiger partial charge < -0.3 is 14.2 Å². The molecule has 6 rings (SSSR count). The number of carbonyl (C=O) groups excluding carboxylic acids is 1. The molecule has 0 saturated carbocycles. The second kappa shape index (κ2) is 14.2. The first kappa shape index (κ1) is 32.6. The highest BCUT2D eigenvalue weighted by Gasteiger charge is 2.36. The molecule has 0 N–H and O–H groups in total. The van der Waals surface area contributed by atoms with Gasteiger partial charge in [-0.25, -0.2) is 9.79 Å². The Hall–Kier alpha value is -4.37. The van der Waals surface area contributed by atoms with E-state index < -0.39 is 12.0 Å². The number of ether oxygens (including phenoxy) is 3. The van der Waals surface area contributed by atoms with Crippen LogP contribution >= 0.6 is 34.5 Å². The zero-order valence-electron chi connectivity index (χ0n) is 26.1. The number of nitrogens with zero attached hydrogens (tertiary/aromatic N) is 2. The number of rotatable bonds is 10. The van der Waals surface area contributed by atoms with E-state index in [1.807, 2.05) is 73.7 Å². The molecular weight excluding hydrogens is 655 g/mol. The smallest absolute Gasteiger partial charge is 0.338 e. The van der Waals surface area contributed by atoms with Gasteiger partial charge in [-0.2, -0.15) is 0 Å². The maximum Gasteiger partial charge on any atom is 0.338 e. The summed E-state index contributed by atoms with van der Waals surface area (Å²) in [6.45, 7) is 4.25. The van der Waals surface area contributed by atoms with Crippen LogP contribution in [0.25, 0.3) is 16.8 Å². The van der Waals surface area contributed by atoms with E-state index >= 15 is 0 Å². The minimum Gasteiger partial charge on any atom is -0.496 e. The fourth-order valence-corrected chi connectivity index (χ4v) is 7.07. The molecule has 5 aromatic rings. The van der Waals surface area contributed by atoms with Crippen molar-refractivity contribution in [3.8, 4) is 11.5 Å². The standard InChI is InChI=1S/C37H32Cl2N2O5S/c1-4-8-29-33(36(43)45-5-2)34(28-19-25(39)16-18-30(28)44-3)41-35(42)32(47-37(41)40-29)20-27-26-10-7-6-9-23(26)13-17-31(27)46-21-22-11-14-24(38)15-12-22/h6-7,9-20,34H,4-5,8,21H2,1-3H3/b32-20+/t34-/m0/s1. The summed E-state index contributed by atoms with van der Waals surface area (Å²) in [6.07, 6.45) is 3.11. The number of thiazole rings is 1. The van der Waals surface area contributed by atoms with Crippen molar-refractivity contribution in [1.29, 1.82) is 0 Å². The third-order valence-corrected chi connectivity index (χ3v) is 9.36. The van der Waals surface area contributed by atoms with Gasteiger partial charge in [0.05, 0.1) is 29.5 Å². The van der Waals surface area contributed by atoms with Crippen LogP contribution in [-0.2, 0) is 16.1 Å². The zero-order chi connectivity index (χ0) is 33.1. The van der Waals surface area contributed by atoms with E-state index in [-0.39, 0.29) is 12.2 Å². The molecule has 0 saturated heterocycles. The van der Waals surface area contributed by atoms with Gasteiger partial charge in [0.1, 0.15) is 24.1 Å². The van der Waals surface area contributed by atoms with Crippen molar-refractivity contribution >= 4 is 57.4 Å². The third-order valence-electron chi connectivity index (χ3n) is 7.89. The number of fused-ring (bicyclic) bond motifs is 2. The van der Waals surface area contributed by atoms with Crippen molar-refractivity contribution in [3.63, 3.8) is 0 Å². The van der Waals surface area contributed by atoms with Crippen LogP contribution in [0.1, 0.15) is 49.4 Å². The summed E-state index contributed by atoms with van der Waals surface area (Å²) in [5.41, 5.74) is 2.84. The number of allylic oxidation sites excluding steroid dienone is 1. The van der Waals surface area contributed by atoms with Crippen LogP contribution < -0.4 is 24.4 Å². The van der Waals surface area contributed by atoms with E-state index in [9.17, 15) is 9.59 Å². The van der Waals surface area contributed by atoms with Crippen molar-refractivity contribution in [1.82, 2.24) is 4.57 Å². The molecule has 0 spiro atoms. The molecule has 47 heavy (non-hydrogen) atoms. The first-order valence-electron chi connectivity index (χ1n) is 15.3. The van der Waals surface area contributed by atoms with Gasteiger partial charge >= 0.3 is 5.97 Å². The van der Waals surface area contributed by atoms with Crippen LogP contribution in [0.15, 0.2) is 99.9 Å². The van der Waals surface area contributed by atoms with Crippen LogP contribution in [0.2, 0.25) is 10.0 Å². The second-order valence-corrected chi connectivity index (χ2v) is 12.8. The maximum atomic E-state index is 14.5. The molecule has 0 fully saturated rings. The molecule has 1 aromatic heterocycles. The van der Waals surface area contributed by atoms with Gasteiger partial charge in [0, 0.05) is 21.2 Å². The predicted octanol–water partition coefficient (Wildman–Crippen LogP) is 7.63. The first-order valence-corrected chi connectivity index (χ1v) is 16.8. The second-order valence-electron chi connectivity index (χ2n) is 10.9. The summed E-state index contributed by atoms with van der Waals surface area (Å²) < 4.78 is 19.6. The Kier molecular flexibility index (Phi) is 9.82. The summed E-state index contributed by atoms with van der Waals surface area (Å²) in [6, 6.07) is 23.7. The number of hydrogen-bond donors (Lipinski definition) is 0. The van der Waals surface area contributed by atoms with E-state index in [0.717, 1.165) is 28.3 Å². The van der Waals surface area contributed by atoms with Crippen molar-refractivity contribution in [3.05, 3.63) is 137 Å². The minimum absolute atomic E-state index is 0.172. The van der Waals surface area contributed by atoms with E-state index in [1.165, 1.54) is 11.3 Å². The fraction of sp³-hybridized carbons (Fsp3) is 0.216. The van der Waals surface area contributed by atoms with Gasteiger partial charge in [-0.05, 0) is 72.2 Å². The molecule has 1 aliphatic heterocycles. The van der Waals surface area contributed by atoms with Crippen LogP contribution in [-0.4, -0.2) is 24.3 Å². The minimum atomic E-state index is -0.865. The van der Waals surface area contributed by atoms with Crippen LogP contribution in [0.4, 0.5) is 0 Å². The molecule has 0 amide bonds. The molecule has 0 bridgehead atoms. The Bertz CT molecular complexity index is 2190. The number of methoxy groups -OCH3 is 1. The molecular formula is C37H32Cl2N2O5S. The molecule has 4 aromatic carbocycles. The van der Waals surface area contributed by atoms with E-state index in [4.69, 9.17) is 42.4 Å². The summed E-state index contributed by atoms with van der Waals surface area (Å²) in [5, 5.41) is 3.02. The topological polar surface area (TPSA) is 79.1 Å². The monoisotopic (exact) mass is 686 g/mol. The lowest BCUT2D eigenvalue weighted by molar-refractivity contribution is -0.139. The van der Waals surface area contributed by atoms with Gasteiger partial charge in [0.15, 0.2) is 4.80 Å². The van der Waals surface area contributed by atoms with E-state index in [1.54, 1.807) is 36.8 Å². The van der Waals surface area contributed by atoms with Gasteiger partial charge in [0.25, 0.3) is 5.56 Å². The molecule has 1 aliphatic rings. The normalized spacial score (nSPS) is 14.6. The lowest BCUT2D eigenvalue weighted by atomic mass is 9.93. The highest BCUT2D eigenvalue weighted by atomic mass is 35.5. The molecule has 7 nitrogen and oxygen atoms in total. The van der Waals surface area contributed by atoms with Crippen molar-refractivity contribution < 1.29 is 19.0 Å². The van der Waals surface area contributed by atoms with E-state index in [2.05, 4.69) is 0 Å². The predicted molar refractivity (Wildman–Crippen MR) is 187 cm³/mol.